The molecule has 0 spiro atoms. The number of likely N-dealkylation sites (tertiary alicyclic amines) is 1. The second-order valence-corrected chi connectivity index (χ2v) is 7.19. The van der Waals surface area contributed by atoms with Gasteiger partial charge in [0, 0.05) is 31.6 Å². The van der Waals surface area contributed by atoms with Crippen LogP contribution in [0.3, 0.4) is 0 Å². The molecule has 6 nitrogen and oxygen atoms in total. The molecule has 1 fully saturated rings. The highest BCUT2D eigenvalue weighted by Crippen LogP contribution is 2.11. The van der Waals surface area contributed by atoms with Crippen molar-refractivity contribution < 1.29 is 14.4 Å². The minimum Gasteiger partial charge on any atom is -0.353 e. The molecule has 2 unspecified atom stereocenters. The first-order valence-corrected chi connectivity index (χ1v) is 9.94. The van der Waals surface area contributed by atoms with E-state index in [1.165, 1.54) is 0 Å². The molecule has 27 heavy (non-hydrogen) atoms. The van der Waals surface area contributed by atoms with Crippen molar-refractivity contribution in [2.75, 3.05) is 19.6 Å². The summed E-state index contributed by atoms with van der Waals surface area (Å²) in [6.07, 6.45) is 4.41. The number of benzene rings is 1. The average molecular weight is 373 g/mol. The molecule has 1 saturated heterocycles. The standard InChI is InChI=1S/C21H31N3O3/c1-3-16(2)19(23-20(26)17-10-6-4-7-11-17)21(27)22-13-15-24-14-9-5-8-12-18(24)25/h4,6-7,10-11,16,19H,3,5,8-9,12-15H2,1-2H3,(H,22,27)(H,23,26). The monoisotopic (exact) mass is 373 g/mol. The van der Waals surface area contributed by atoms with E-state index in [-0.39, 0.29) is 23.6 Å². The van der Waals surface area contributed by atoms with Crippen LogP contribution in [0.25, 0.3) is 0 Å². The van der Waals surface area contributed by atoms with E-state index >= 15 is 0 Å². The number of rotatable bonds is 8. The van der Waals surface area contributed by atoms with Gasteiger partial charge in [-0.05, 0) is 30.9 Å². The summed E-state index contributed by atoms with van der Waals surface area (Å²) >= 11 is 0. The van der Waals surface area contributed by atoms with Crippen molar-refractivity contribution in [2.45, 2.75) is 52.0 Å². The van der Waals surface area contributed by atoms with E-state index < -0.39 is 6.04 Å². The zero-order valence-electron chi connectivity index (χ0n) is 16.4. The number of nitrogens with zero attached hydrogens (tertiary/aromatic N) is 1. The van der Waals surface area contributed by atoms with E-state index in [0.29, 0.717) is 25.1 Å². The van der Waals surface area contributed by atoms with Crippen molar-refractivity contribution >= 4 is 17.7 Å². The normalized spacial score (nSPS) is 17.0. The average Bonchev–Trinajstić information content (AvgIpc) is 2.90. The van der Waals surface area contributed by atoms with E-state index in [2.05, 4.69) is 10.6 Å². The van der Waals surface area contributed by atoms with Crippen LogP contribution in [0.1, 0.15) is 56.3 Å². The molecule has 1 aliphatic heterocycles. The van der Waals surface area contributed by atoms with Gasteiger partial charge in [0.05, 0.1) is 0 Å². The van der Waals surface area contributed by atoms with Gasteiger partial charge in [-0.25, -0.2) is 0 Å². The number of hydrogen-bond acceptors (Lipinski definition) is 3. The minimum atomic E-state index is -0.595. The molecule has 0 saturated carbocycles. The molecule has 1 heterocycles. The van der Waals surface area contributed by atoms with Crippen LogP contribution in [0.5, 0.6) is 0 Å². The lowest BCUT2D eigenvalue weighted by Crippen LogP contribution is -2.51. The maximum absolute atomic E-state index is 12.7. The van der Waals surface area contributed by atoms with E-state index in [4.69, 9.17) is 0 Å². The Kier molecular flexibility index (Phi) is 8.30. The van der Waals surface area contributed by atoms with E-state index in [9.17, 15) is 14.4 Å². The molecule has 2 N–H and O–H groups in total. The largest absolute Gasteiger partial charge is 0.353 e. The number of amides is 3. The van der Waals surface area contributed by atoms with Gasteiger partial charge in [-0.3, -0.25) is 14.4 Å². The summed E-state index contributed by atoms with van der Waals surface area (Å²) in [7, 11) is 0. The van der Waals surface area contributed by atoms with E-state index in [1.54, 1.807) is 24.3 Å². The highest BCUT2D eigenvalue weighted by atomic mass is 16.2. The van der Waals surface area contributed by atoms with Gasteiger partial charge in [-0.1, -0.05) is 44.9 Å². The molecule has 0 aliphatic carbocycles. The molecule has 0 bridgehead atoms. The third-order valence-electron chi connectivity index (χ3n) is 5.17. The molecular weight excluding hydrogens is 342 g/mol. The molecule has 6 heteroatoms. The van der Waals surface area contributed by atoms with Gasteiger partial charge in [0.1, 0.15) is 6.04 Å². The molecule has 2 rings (SSSR count). The maximum Gasteiger partial charge on any atom is 0.251 e. The van der Waals surface area contributed by atoms with Crippen LogP contribution in [0.4, 0.5) is 0 Å². The van der Waals surface area contributed by atoms with Crippen molar-refractivity contribution in [2.24, 2.45) is 5.92 Å². The zero-order chi connectivity index (χ0) is 19.6. The zero-order valence-corrected chi connectivity index (χ0v) is 16.4. The fraction of sp³-hybridized carbons (Fsp3) is 0.571. The molecule has 2 atom stereocenters. The van der Waals surface area contributed by atoms with Crippen LogP contribution in [0.2, 0.25) is 0 Å². The Balaban J connectivity index is 1.90. The smallest absolute Gasteiger partial charge is 0.251 e. The Morgan fingerprint density at radius 3 is 2.59 bits per heavy atom. The first kappa shape index (κ1) is 20.9. The SMILES string of the molecule is CCC(C)C(NC(=O)c1ccccc1)C(=O)NCCN1CCCCCC1=O. The summed E-state index contributed by atoms with van der Waals surface area (Å²) in [5.41, 5.74) is 0.536. The Bertz CT molecular complexity index is 633. The van der Waals surface area contributed by atoms with Gasteiger partial charge in [0.15, 0.2) is 0 Å². The lowest BCUT2D eigenvalue weighted by molar-refractivity contribution is -0.131. The Hall–Kier alpha value is -2.37. The number of carbonyl (C=O) groups excluding carboxylic acids is 3. The van der Waals surface area contributed by atoms with Crippen LogP contribution in [-0.2, 0) is 9.59 Å². The highest BCUT2D eigenvalue weighted by Gasteiger charge is 2.26. The molecule has 0 radical (unpaired) electrons. The predicted molar refractivity (Wildman–Crippen MR) is 105 cm³/mol. The number of nitrogens with one attached hydrogen (secondary N) is 2. The van der Waals surface area contributed by atoms with Gasteiger partial charge in [0.2, 0.25) is 11.8 Å². The molecule has 3 amide bonds. The van der Waals surface area contributed by atoms with Crippen LogP contribution < -0.4 is 10.6 Å². The Labute approximate surface area is 161 Å². The first-order valence-electron chi connectivity index (χ1n) is 9.94. The summed E-state index contributed by atoms with van der Waals surface area (Å²) < 4.78 is 0. The van der Waals surface area contributed by atoms with Crippen molar-refractivity contribution in [1.29, 1.82) is 0 Å². The van der Waals surface area contributed by atoms with E-state index in [0.717, 1.165) is 32.2 Å². The van der Waals surface area contributed by atoms with Gasteiger partial charge in [-0.15, -0.1) is 0 Å². The summed E-state index contributed by atoms with van der Waals surface area (Å²) in [6, 6.07) is 8.30. The molecule has 148 valence electrons. The number of carbonyl (C=O) groups is 3. The Morgan fingerprint density at radius 1 is 1.15 bits per heavy atom. The topological polar surface area (TPSA) is 78.5 Å². The fourth-order valence-corrected chi connectivity index (χ4v) is 3.22. The van der Waals surface area contributed by atoms with Crippen LogP contribution in [0.15, 0.2) is 30.3 Å². The van der Waals surface area contributed by atoms with Gasteiger partial charge < -0.3 is 15.5 Å². The molecule has 0 aromatic heterocycles. The molecular formula is C21H31N3O3. The predicted octanol–water partition coefficient (Wildman–Crippen LogP) is 2.35. The van der Waals surface area contributed by atoms with E-state index in [1.807, 2.05) is 24.8 Å². The van der Waals surface area contributed by atoms with Crippen LogP contribution >= 0.6 is 0 Å². The van der Waals surface area contributed by atoms with Gasteiger partial charge in [0.25, 0.3) is 5.91 Å². The molecule has 1 aliphatic rings. The van der Waals surface area contributed by atoms with Gasteiger partial charge in [-0.2, -0.15) is 0 Å². The lowest BCUT2D eigenvalue weighted by atomic mass is 9.98. The Morgan fingerprint density at radius 2 is 1.89 bits per heavy atom. The van der Waals surface area contributed by atoms with Crippen molar-refractivity contribution in [1.82, 2.24) is 15.5 Å². The van der Waals surface area contributed by atoms with Gasteiger partial charge >= 0.3 is 0 Å². The summed E-state index contributed by atoms with van der Waals surface area (Å²) in [5, 5.41) is 5.75. The molecule has 1 aromatic carbocycles. The third kappa shape index (κ3) is 6.38. The summed E-state index contributed by atoms with van der Waals surface area (Å²) in [5.74, 6) is -0.273. The quantitative estimate of drug-likeness (QED) is 0.734. The minimum absolute atomic E-state index is 0.0116. The summed E-state index contributed by atoms with van der Waals surface area (Å²) in [4.78, 5) is 39.0. The third-order valence-corrected chi connectivity index (χ3v) is 5.17. The number of hydrogen-bond donors (Lipinski definition) is 2. The van der Waals surface area contributed by atoms with Crippen molar-refractivity contribution in [3.8, 4) is 0 Å². The first-order chi connectivity index (χ1) is 13.0. The lowest BCUT2D eigenvalue weighted by Gasteiger charge is -2.25. The highest BCUT2D eigenvalue weighted by molar-refractivity contribution is 5.97. The second-order valence-electron chi connectivity index (χ2n) is 7.19. The maximum atomic E-state index is 12.7. The summed E-state index contributed by atoms with van der Waals surface area (Å²) in [6.45, 7) is 5.63. The molecule has 1 aromatic rings. The second kappa shape index (κ2) is 10.7. The fourth-order valence-electron chi connectivity index (χ4n) is 3.22. The van der Waals surface area contributed by atoms with Crippen LogP contribution in [0, 0.1) is 5.92 Å². The van der Waals surface area contributed by atoms with Crippen molar-refractivity contribution in [3.05, 3.63) is 35.9 Å². The van der Waals surface area contributed by atoms with Crippen molar-refractivity contribution in [3.63, 3.8) is 0 Å². The van der Waals surface area contributed by atoms with Crippen LogP contribution in [-0.4, -0.2) is 48.3 Å².